The normalized spacial score (nSPS) is 17.7. The predicted molar refractivity (Wildman–Crippen MR) is 99.7 cm³/mol. The topological polar surface area (TPSA) is 30.3 Å². The number of rotatable bonds is 4. The van der Waals surface area contributed by atoms with Crippen molar-refractivity contribution in [3.05, 3.63) is 64.2 Å². The third kappa shape index (κ3) is 4.37. The molecule has 0 amide bonds. The molecule has 0 aromatic heterocycles. The maximum absolute atomic E-state index is 13.4. The molecule has 1 aliphatic heterocycles. The molecule has 142 valence electrons. The van der Waals surface area contributed by atoms with Crippen molar-refractivity contribution < 1.29 is 13.2 Å². The van der Waals surface area contributed by atoms with Gasteiger partial charge in [0.1, 0.15) is 6.07 Å². The van der Waals surface area contributed by atoms with Gasteiger partial charge in [-0.25, -0.2) is 0 Å². The summed E-state index contributed by atoms with van der Waals surface area (Å²) in [4.78, 5) is 4.11. The zero-order chi connectivity index (χ0) is 19.6. The Kier molecular flexibility index (Phi) is 5.64. The van der Waals surface area contributed by atoms with Gasteiger partial charge in [-0.05, 0) is 49.8 Å². The highest BCUT2D eigenvalue weighted by molar-refractivity contribution is 6.32. The smallest absolute Gasteiger partial charge is 0.363 e. The SMILES string of the molecule is CN1CCC(N(Cc2ccccc2C(F)(F)F)c2ccc(C#N)c(Cl)c2)C1. The van der Waals surface area contributed by atoms with E-state index in [1.165, 1.54) is 12.1 Å². The van der Waals surface area contributed by atoms with Crippen LogP contribution in [-0.4, -0.2) is 31.1 Å². The number of halogens is 4. The van der Waals surface area contributed by atoms with Crippen LogP contribution in [-0.2, 0) is 12.7 Å². The van der Waals surface area contributed by atoms with Crippen molar-refractivity contribution in [2.24, 2.45) is 0 Å². The third-order valence-corrected chi connectivity index (χ3v) is 5.19. The molecule has 0 spiro atoms. The lowest BCUT2D eigenvalue weighted by molar-refractivity contribution is -0.138. The number of hydrogen-bond acceptors (Lipinski definition) is 3. The number of alkyl halides is 3. The molecule has 0 N–H and O–H groups in total. The second-order valence-electron chi connectivity index (χ2n) is 6.76. The summed E-state index contributed by atoms with van der Waals surface area (Å²) in [5.74, 6) is 0. The Hall–Kier alpha value is -2.23. The zero-order valence-corrected chi connectivity index (χ0v) is 15.6. The molecule has 1 saturated heterocycles. The number of nitrogens with zero attached hydrogens (tertiary/aromatic N) is 3. The summed E-state index contributed by atoms with van der Waals surface area (Å²) in [7, 11) is 1.99. The van der Waals surface area contributed by atoms with Crippen molar-refractivity contribution in [1.82, 2.24) is 4.90 Å². The van der Waals surface area contributed by atoms with Crippen molar-refractivity contribution in [3.63, 3.8) is 0 Å². The van der Waals surface area contributed by atoms with Gasteiger partial charge in [-0.15, -0.1) is 0 Å². The van der Waals surface area contributed by atoms with Crippen LogP contribution < -0.4 is 4.90 Å². The Morgan fingerprint density at radius 1 is 1.26 bits per heavy atom. The van der Waals surface area contributed by atoms with Crippen LogP contribution in [0.3, 0.4) is 0 Å². The minimum Gasteiger partial charge on any atom is -0.363 e. The quantitative estimate of drug-likeness (QED) is 0.737. The van der Waals surface area contributed by atoms with E-state index >= 15 is 0 Å². The summed E-state index contributed by atoms with van der Waals surface area (Å²) in [6, 6.07) is 12.7. The van der Waals surface area contributed by atoms with E-state index in [4.69, 9.17) is 16.9 Å². The van der Waals surface area contributed by atoms with Gasteiger partial charge in [-0.2, -0.15) is 18.4 Å². The first kappa shape index (κ1) is 19.5. The van der Waals surface area contributed by atoms with Crippen molar-refractivity contribution in [2.45, 2.75) is 25.2 Å². The van der Waals surface area contributed by atoms with Gasteiger partial charge < -0.3 is 9.80 Å². The number of likely N-dealkylation sites (tertiary alicyclic amines) is 1. The van der Waals surface area contributed by atoms with Gasteiger partial charge in [0.05, 0.1) is 16.1 Å². The minimum atomic E-state index is -4.41. The Balaban J connectivity index is 2.00. The monoisotopic (exact) mass is 393 g/mol. The third-order valence-electron chi connectivity index (χ3n) is 4.88. The van der Waals surface area contributed by atoms with Gasteiger partial charge in [-0.3, -0.25) is 0 Å². The Morgan fingerprint density at radius 2 is 2.00 bits per heavy atom. The number of benzene rings is 2. The van der Waals surface area contributed by atoms with Crippen LogP contribution in [0.2, 0.25) is 5.02 Å². The number of nitriles is 1. The largest absolute Gasteiger partial charge is 0.416 e. The van der Waals surface area contributed by atoms with Gasteiger partial charge >= 0.3 is 6.18 Å². The maximum Gasteiger partial charge on any atom is 0.416 e. The molecular formula is C20H19ClF3N3. The lowest BCUT2D eigenvalue weighted by Gasteiger charge is -2.32. The Bertz CT molecular complexity index is 860. The Morgan fingerprint density at radius 3 is 2.59 bits per heavy atom. The van der Waals surface area contributed by atoms with Gasteiger partial charge in [0, 0.05) is 24.8 Å². The molecule has 7 heteroatoms. The number of hydrogen-bond donors (Lipinski definition) is 0. The molecule has 1 unspecified atom stereocenters. The first-order chi connectivity index (χ1) is 12.8. The maximum atomic E-state index is 13.4. The lowest BCUT2D eigenvalue weighted by atomic mass is 10.0. The van der Waals surface area contributed by atoms with E-state index in [-0.39, 0.29) is 18.2 Å². The van der Waals surface area contributed by atoms with Crippen molar-refractivity contribution in [2.75, 3.05) is 25.0 Å². The van der Waals surface area contributed by atoms with Crippen LogP contribution in [0.1, 0.15) is 23.1 Å². The molecule has 1 fully saturated rings. The number of anilines is 1. The second kappa shape index (κ2) is 7.79. The van der Waals surface area contributed by atoms with Crippen LogP contribution in [0.15, 0.2) is 42.5 Å². The molecule has 1 heterocycles. The van der Waals surface area contributed by atoms with Crippen LogP contribution in [0, 0.1) is 11.3 Å². The van der Waals surface area contributed by atoms with E-state index in [0.29, 0.717) is 10.6 Å². The summed E-state index contributed by atoms with van der Waals surface area (Å²) in [6.45, 7) is 1.76. The molecule has 3 nitrogen and oxygen atoms in total. The van der Waals surface area contributed by atoms with E-state index < -0.39 is 11.7 Å². The Labute approximate surface area is 161 Å². The van der Waals surface area contributed by atoms with Crippen LogP contribution in [0.5, 0.6) is 0 Å². The molecule has 1 atom stereocenters. The zero-order valence-electron chi connectivity index (χ0n) is 14.8. The highest BCUT2D eigenvalue weighted by atomic mass is 35.5. The lowest BCUT2D eigenvalue weighted by Crippen LogP contribution is -2.37. The molecule has 0 saturated carbocycles. The molecular weight excluding hydrogens is 375 g/mol. The van der Waals surface area contributed by atoms with E-state index in [9.17, 15) is 13.2 Å². The van der Waals surface area contributed by atoms with Gasteiger partial charge in [0.2, 0.25) is 0 Å². The average Bonchev–Trinajstić information content (AvgIpc) is 3.05. The second-order valence-corrected chi connectivity index (χ2v) is 7.17. The highest BCUT2D eigenvalue weighted by Crippen LogP contribution is 2.35. The first-order valence-electron chi connectivity index (χ1n) is 8.59. The molecule has 0 radical (unpaired) electrons. The van der Waals surface area contributed by atoms with E-state index in [1.54, 1.807) is 24.3 Å². The van der Waals surface area contributed by atoms with E-state index in [2.05, 4.69) is 4.90 Å². The predicted octanol–water partition coefficient (Wildman–Crippen LogP) is 4.94. The summed E-state index contributed by atoms with van der Waals surface area (Å²) in [5, 5.41) is 9.38. The van der Waals surface area contributed by atoms with Crippen LogP contribution >= 0.6 is 11.6 Å². The molecule has 2 aromatic rings. The molecule has 3 rings (SSSR count). The van der Waals surface area contributed by atoms with E-state index in [0.717, 1.165) is 31.3 Å². The molecule has 2 aromatic carbocycles. The van der Waals surface area contributed by atoms with E-state index in [1.807, 2.05) is 18.0 Å². The molecule has 27 heavy (non-hydrogen) atoms. The fourth-order valence-electron chi connectivity index (χ4n) is 3.49. The van der Waals surface area contributed by atoms with Crippen LogP contribution in [0.25, 0.3) is 0 Å². The summed E-state index contributed by atoms with van der Waals surface area (Å²) in [5.41, 5.74) is 0.664. The minimum absolute atomic E-state index is 0.0697. The van der Waals surface area contributed by atoms with Gasteiger partial charge in [-0.1, -0.05) is 29.8 Å². The van der Waals surface area contributed by atoms with Crippen LogP contribution in [0.4, 0.5) is 18.9 Å². The molecule has 0 bridgehead atoms. The standard InChI is InChI=1S/C20H19ClF3N3/c1-26-9-8-17(13-26)27(16-7-6-14(11-25)19(21)10-16)12-15-4-2-3-5-18(15)20(22,23)24/h2-7,10,17H,8-9,12-13H2,1H3. The van der Waals surface area contributed by atoms with Gasteiger partial charge in [0.25, 0.3) is 0 Å². The summed E-state index contributed by atoms with van der Waals surface area (Å²) < 4.78 is 40.3. The highest BCUT2D eigenvalue weighted by Gasteiger charge is 2.34. The van der Waals surface area contributed by atoms with Crippen molar-refractivity contribution in [3.8, 4) is 6.07 Å². The van der Waals surface area contributed by atoms with Crippen molar-refractivity contribution in [1.29, 1.82) is 5.26 Å². The fourth-order valence-corrected chi connectivity index (χ4v) is 3.71. The molecule has 0 aliphatic carbocycles. The fraction of sp³-hybridized carbons (Fsp3) is 0.350. The first-order valence-corrected chi connectivity index (χ1v) is 8.97. The summed E-state index contributed by atoms with van der Waals surface area (Å²) in [6.07, 6.45) is -3.56. The van der Waals surface area contributed by atoms with Gasteiger partial charge in [0.15, 0.2) is 0 Å². The van der Waals surface area contributed by atoms with Crippen molar-refractivity contribution >= 4 is 17.3 Å². The molecule has 1 aliphatic rings. The average molecular weight is 394 g/mol. The number of likely N-dealkylation sites (N-methyl/N-ethyl adjacent to an activating group) is 1. The summed E-state index contributed by atoms with van der Waals surface area (Å²) >= 11 is 6.18.